The van der Waals surface area contributed by atoms with E-state index < -0.39 is 0 Å². The van der Waals surface area contributed by atoms with E-state index in [0.29, 0.717) is 5.92 Å². The lowest BCUT2D eigenvalue weighted by atomic mass is 9.71. The van der Waals surface area contributed by atoms with Gasteiger partial charge in [0.15, 0.2) is 5.82 Å². The Morgan fingerprint density at radius 2 is 1.94 bits per heavy atom. The van der Waals surface area contributed by atoms with Crippen LogP contribution in [0.5, 0.6) is 0 Å². The minimum atomic E-state index is 0.0172. The lowest BCUT2D eigenvalue weighted by molar-refractivity contribution is 0.00111. The Kier molecular flexibility index (Phi) is 4.93. The normalized spacial score (nSPS) is 20.5. The number of benzene rings is 1. The van der Waals surface area contributed by atoms with Gasteiger partial charge in [-0.2, -0.15) is 5.10 Å². The molecule has 2 aliphatic rings. The molecule has 2 fully saturated rings. The highest BCUT2D eigenvalue weighted by molar-refractivity contribution is 5.93. The summed E-state index contributed by atoms with van der Waals surface area (Å²) < 4.78 is 1.90. The molecule has 0 bridgehead atoms. The molecule has 31 heavy (non-hydrogen) atoms. The van der Waals surface area contributed by atoms with Crippen LogP contribution in [0.1, 0.15) is 53.4 Å². The zero-order chi connectivity index (χ0) is 21.6. The van der Waals surface area contributed by atoms with Gasteiger partial charge in [-0.1, -0.05) is 44.2 Å². The van der Waals surface area contributed by atoms with Crippen molar-refractivity contribution in [1.29, 1.82) is 0 Å². The van der Waals surface area contributed by atoms with Crippen LogP contribution in [0.2, 0.25) is 0 Å². The molecule has 0 saturated carbocycles. The van der Waals surface area contributed by atoms with Crippen LogP contribution in [-0.4, -0.2) is 61.6 Å². The Morgan fingerprint density at radius 1 is 1.16 bits per heavy atom. The average Bonchev–Trinajstić information content (AvgIpc) is 3.45. The van der Waals surface area contributed by atoms with Gasteiger partial charge in [-0.05, 0) is 17.7 Å². The van der Waals surface area contributed by atoms with E-state index in [4.69, 9.17) is 4.98 Å². The molecule has 1 atom stereocenters. The largest absolute Gasteiger partial charge is 0.347 e. The number of H-pyrrole nitrogens is 1. The minimum Gasteiger partial charge on any atom is -0.347 e. The highest BCUT2D eigenvalue weighted by Gasteiger charge is 2.57. The average molecular weight is 419 g/mol. The molecule has 0 aliphatic carbocycles. The number of likely N-dealkylation sites (tertiary alicyclic amines) is 2. The van der Waals surface area contributed by atoms with E-state index >= 15 is 0 Å². The van der Waals surface area contributed by atoms with Gasteiger partial charge >= 0.3 is 0 Å². The molecule has 162 valence electrons. The smallest absolute Gasteiger partial charge is 0.270 e. The maximum atomic E-state index is 13.0. The Balaban J connectivity index is 1.38. The first-order valence-electron chi connectivity index (χ1n) is 11.0. The second-order valence-electron chi connectivity index (χ2n) is 9.47. The molecular formula is C24H30N6O. The zero-order valence-electron chi connectivity index (χ0n) is 18.5. The minimum absolute atomic E-state index is 0.0172. The van der Waals surface area contributed by atoms with Crippen molar-refractivity contribution in [3.05, 3.63) is 71.6 Å². The Hall–Kier alpha value is -2.93. The number of rotatable bonds is 5. The third-order valence-electron chi connectivity index (χ3n) is 6.80. The second-order valence-corrected chi connectivity index (χ2v) is 9.47. The number of aromatic amines is 1. The molecule has 5 rings (SSSR count). The van der Waals surface area contributed by atoms with Gasteiger partial charge in [-0.25, -0.2) is 4.98 Å². The maximum Gasteiger partial charge on any atom is 0.270 e. The predicted octanol–water partition coefficient (Wildman–Crippen LogP) is 3.01. The predicted molar refractivity (Wildman–Crippen MR) is 119 cm³/mol. The molecule has 7 nitrogen and oxygen atoms in total. The van der Waals surface area contributed by atoms with Gasteiger partial charge in [0.25, 0.3) is 5.91 Å². The summed E-state index contributed by atoms with van der Waals surface area (Å²) >= 11 is 0. The SMILES string of the molecule is CC(C)c1n[nH]c(C2CN(Cc3ccccc3)CC23CN(C(=O)c2cccn2C)C3)n1. The number of carbonyl (C=O) groups excluding carboxylic acids is 1. The van der Waals surface area contributed by atoms with Crippen LogP contribution >= 0.6 is 0 Å². The fourth-order valence-electron chi connectivity index (χ4n) is 5.14. The van der Waals surface area contributed by atoms with Crippen molar-refractivity contribution < 1.29 is 4.79 Å². The van der Waals surface area contributed by atoms with Gasteiger partial charge < -0.3 is 9.47 Å². The number of nitrogens with one attached hydrogen (secondary N) is 1. The number of nitrogens with zero attached hydrogens (tertiary/aromatic N) is 5. The number of aromatic nitrogens is 4. The van der Waals surface area contributed by atoms with Crippen molar-refractivity contribution in [2.45, 2.75) is 32.2 Å². The van der Waals surface area contributed by atoms with E-state index in [2.05, 4.69) is 59.3 Å². The summed E-state index contributed by atoms with van der Waals surface area (Å²) in [6.07, 6.45) is 1.92. The van der Waals surface area contributed by atoms with E-state index in [0.717, 1.165) is 50.1 Å². The molecule has 2 saturated heterocycles. The van der Waals surface area contributed by atoms with Gasteiger partial charge in [-0.15, -0.1) is 0 Å². The summed E-state index contributed by atoms with van der Waals surface area (Å²) in [4.78, 5) is 22.3. The van der Waals surface area contributed by atoms with E-state index in [1.807, 2.05) is 34.8 Å². The van der Waals surface area contributed by atoms with Crippen molar-refractivity contribution in [3.63, 3.8) is 0 Å². The summed E-state index contributed by atoms with van der Waals surface area (Å²) in [5, 5.41) is 7.68. The van der Waals surface area contributed by atoms with Crippen molar-refractivity contribution in [3.8, 4) is 0 Å². The van der Waals surface area contributed by atoms with Crippen LogP contribution in [0, 0.1) is 5.41 Å². The summed E-state index contributed by atoms with van der Waals surface area (Å²) in [5.74, 6) is 2.47. The van der Waals surface area contributed by atoms with Crippen molar-refractivity contribution in [2.24, 2.45) is 12.5 Å². The van der Waals surface area contributed by atoms with E-state index in [1.165, 1.54) is 5.56 Å². The molecule has 3 aromatic rings. The zero-order valence-corrected chi connectivity index (χ0v) is 18.5. The molecule has 4 heterocycles. The molecule has 0 radical (unpaired) electrons. The Morgan fingerprint density at radius 3 is 2.58 bits per heavy atom. The molecule has 1 N–H and O–H groups in total. The molecule has 1 unspecified atom stereocenters. The third kappa shape index (κ3) is 3.57. The molecule has 2 aromatic heterocycles. The number of amides is 1. The van der Waals surface area contributed by atoms with Crippen LogP contribution in [0.15, 0.2) is 48.7 Å². The van der Waals surface area contributed by atoms with Crippen LogP contribution in [0.25, 0.3) is 0 Å². The van der Waals surface area contributed by atoms with Crippen LogP contribution < -0.4 is 0 Å². The van der Waals surface area contributed by atoms with Gasteiger partial charge in [0.1, 0.15) is 11.5 Å². The summed E-state index contributed by atoms with van der Waals surface area (Å²) in [6.45, 7) is 8.53. The standard InChI is InChI=1S/C24H30N6O/c1-17(2)21-25-22(27-26-21)19-13-29(12-18-8-5-4-6-9-18)14-24(19)15-30(16-24)23(31)20-10-7-11-28(20)3/h4-11,17,19H,12-16H2,1-3H3,(H,25,26,27). The van der Waals surface area contributed by atoms with E-state index in [-0.39, 0.29) is 17.2 Å². The topological polar surface area (TPSA) is 70.1 Å². The van der Waals surface area contributed by atoms with E-state index in [1.54, 1.807) is 0 Å². The van der Waals surface area contributed by atoms with Crippen LogP contribution in [-0.2, 0) is 13.6 Å². The first kappa shape index (κ1) is 20.0. The molecule has 7 heteroatoms. The molecule has 1 spiro atoms. The Bertz CT molecular complexity index is 1060. The number of hydrogen-bond acceptors (Lipinski definition) is 4. The molecule has 1 aromatic carbocycles. The highest BCUT2D eigenvalue weighted by atomic mass is 16.2. The lowest BCUT2D eigenvalue weighted by Crippen LogP contribution is -2.61. The molecule has 2 aliphatic heterocycles. The van der Waals surface area contributed by atoms with Gasteiger partial charge in [-0.3, -0.25) is 14.8 Å². The fourth-order valence-corrected chi connectivity index (χ4v) is 5.14. The fraction of sp³-hybridized carbons (Fsp3) is 0.458. The monoisotopic (exact) mass is 418 g/mol. The number of aryl methyl sites for hydroxylation is 1. The maximum absolute atomic E-state index is 13.0. The van der Waals surface area contributed by atoms with Crippen molar-refractivity contribution in [1.82, 2.24) is 29.5 Å². The summed E-state index contributed by atoms with van der Waals surface area (Å²) in [5.41, 5.74) is 2.07. The van der Waals surface area contributed by atoms with Gasteiger partial charge in [0.2, 0.25) is 0 Å². The van der Waals surface area contributed by atoms with Crippen molar-refractivity contribution in [2.75, 3.05) is 26.2 Å². The number of carbonyl (C=O) groups is 1. The van der Waals surface area contributed by atoms with E-state index in [9.17, 15) is 4.79 Å². The first-order valence-corrected chi connectivity index (χ1v) is 11.0. The van der Waals surface area contributed by atoms with Gasteiger partial charge in [0, 0.05) is 63.2 Å². The molecular weight excluding hydrogens is 388 g/mol. The lowest BCUT2D eigenvalue weighted by Gasteiger charge is -2.50. The summed E-state index contributed by atoms with van der Waals surface area (Å²) in [7, 11) is 1.92. The second kappa shape index (κ2) is 7.64. The Labute approximate surface area is 183 Å². The van der Waals surface area contributed by atoms with Crippen LogP contribution in [0.4, 0.5) is 0 Å². The third-order valence-corrected chi connectivity index (χ3v) is 6.80. The summed E-state index contributed by atoms with van der Waals surface area (Å²) in [6, 6.07) is 14.4. The van der Waals surface area contributed by atoms with Crippen molar-refractivity contribution >= 4 is 5.91 Å². The quantitative estimate of drug-likeness (QED) is 0.692. The van der Waals surface area contributed by atoms with Crippen LogP contribution in [0.3, 0.4) is 0 Å². The number of hydrogen-bond donors (Lipinski definition) is 1. The first-order chi connectivity index (χ1) is 14.9. The molecule has 1 amide bonds. The highest BCUT2D eigenvalue weighted by Crippen LogP contribution is 2.49. The van der Waals surface area contributed by atoms with Gasteiger partial charge in [0.05, 0.1) is 0 Å².